The first-order chi connectivity index (χ1) is 14.9. The van der Waals surface area contributed by atoms with Crippen molar-refractivity contribution in [2.75, 3.05) is 0 Å². The van der Waals surface area contributed by atoms with E-state index in [9.17, 15) is 4.79 Å². The fourth-order valence-electron chi connectivity index (χ4n) is 5.59. The van der Waals surface area contributed by atoms with E-state index in [1.165, 1.54) is 29.5 Å². The second-order valence-corrected chi connectivity index (χ2v) is 10.1. The third kappa shape index (κ3) is 4.43. The van der Waals surface area contributed by atoms with Crippen LogP contribution in [0.1, 0.15) is 75.7 Å². The molecular weight excluding hydrogens is 382 g/mol. The summed E-state index contributed by atoms with van der Waals surface area (Å²) in [6.45, 7) is 11.1. The van der Waals surface area contributed by atoms with Crippen LogP contribution >= 0.6 is 0 Å². The number of carbonyl (C=O) groups excluding carboxylic acids is 1. The molecule has 1 amide bonds. The number of amides is 1. The van der Waals surface area contributed by atoms with Crippen molar-refractivity contribution in [1.82, 2.24) is 4.90 Å². The van der Waals surface area contributed by atoms with Gasteiger partial charge < -0.3 is 9.64 Å². The number of likely N-dealkylation sites (tertiary alicyclic amines) is 1. The third-order valence-electron chi connectivity index (χ3n) is 7.45. The number of hydrogen-bond donors (Lipinski definition) is 0. The Balaban J connectivity index is 1.63. The van der Waals surface area contributed by atoms with E-state index in [1.54, 1.807) is 0 Å². The topological polar surface area (TPSA) is 29.5 Å². The Labute approximate surface area is 187 Å². The van der Waals surface area contributed by atoms with Crippen molar-refractivity contribution in [3.63, 3.8) is 0 Å². The lowest BCUT2D eigenvalue weighted by Gasteiger charge is -2.52. The van der Waals surface area contributed by atoms with Gasteiger partial charge in [-0.3, -0.25) is 4.79 Å². The van der Waals surface area contributed by atoms with Gasteiger partial charge in [-0.2, -0.15) is 0 Å². The molecule has 1 aliphatic heterocycles. The smallest absolute Gasteiger partial charge is 0.255 e. The van der Waals surface area contributed by atoms with Gasteiger partial charge in [0.05, 0.1) is 18.2 Å². The highest BCUT2D eigenvalue weighted by Crippen LogP contribution is 2.46. The van der Waals surface area contributed by atoms with Crippen molar-refractivity contribution in [3.8, 4) is 0 Å². The molecule has 3 nitrogen and oxygen atoms in total. The molecule has 166 valence electrons. The van der Waals surface area contributed by atoms with Gasteiger partial charge in [0.15, 0.2) is 6.10 Å². The van der Waals surface area contributed by atoms with Gasteiger partial charge in [-0.25, -0.2) is 0 Å². The van der Waals surface area contributed by atoms with E-state index in [2.05, 4.69) is 71.0 Å². The van der Waals surface area contributed by atoms with Crippen molar-refractivity contribution in [1.29, 1.82) is 0 Å². The van der Waals surface area contributed by atoms with Crippen LogP contribution in [-0.4, -0.2) is 23.0 Å². The number of carbonyl (C=O) groups is 1. The van der Waals surface area contributed by atoms with E-state index in [0.29, 0.717) is 17.8 Å². The van der Waals surface area contributed by atoms with Gasteiger partial charge in [-0.15, -0.1) is 0 Å². The zero-order valence-corrected chi connectivity index (χ0v) is 19.6. The quantitative estimate of drug-likeness (QED) is 0.501. The monoisotopic (exact) mass is 419 g/mol. The molecule has 1 saturated heterocycles. The summed E-state index contributed by atoms with van der Waals surface area (Å²) in [6, 6.07) is 18.9. The number of ether oxygens (including phenoxy) is 1. The largest absolute Gasteiger partial charge is 0.362 e. The zero-order valence-electron chi connectivity index (χ0n) is 19.6. The predicted octanol–water partition coefficient (Wildman–Crippen LogP) is 6.49. The van der Waals surface area contributed by atoms with E-state index in [4.69, 9.17) is 4.74 Å². The summed E-state index contributed by atoms with van der Waals surface area (Å²) in [6.07, 6.45) is 3.30. The van der Waals surface area contributed by atoms with Crippen molar-refractivity contribution < 1.29 is 9.53 Å². The minimum absolute atomic E-state index is 0.0187. The van der Waals surface area contributed by atoms with Gasteiger partial charge in [0.1, 0.15) is 0 Å². The summed E-state index contributed by atoms with van der Waals surface area (Å²) in [5, 5.41) is 0. The molecule has 2 aromatic carbocycles. The molecule has 0 aromatic heterocycles. The first-order valence-electron chi connectivity index (χ1n) is 12.0. The summed E-state index contributed by atoms with van der Waals surface area (Å²) in [7, 11) is 0. The Kier molecular flexibility index (Phi) is 6.52. The van der Waals surface area contributed by atoms with Gasteiger partial charge in [0.2, 0.25) is 0 Å². The zero-order chi connectivity index (χ0) is 22.1. The van der Waals surface area contributed by atoms with E-state index in [-0.39, 0.29) is 30.2 Å². The van der Waals surface area contributed by atoms with E-state index >= 15 is 0 Å². The maximum absolute atomic E-state index is 13.5. The summed E-state index contributed by atoms with van der Waals surface area (Å²) < 4.78 is 6.72. The third-order valence-corrected chi connectivity index (χ3v) is 7.45. The molecule has 2 fully saturated rings. The van der Waals surface area contributed by atoms with Gasteiger partial charge in [-0.1, -0.05) is 87.4 Å². The van der Waals surface area contributed by atoms with Gasteiger partial charge in [0, 0.05) is 0 Å². The van der Waals surface area contributed by atoms with Crippen LogP contribution in [0, 0.1) is 24.7 Å². The van der Waals surface area contributed by atoms with Crippen LogP contribution in [0.25, 0.3) is 0 Å². The fourth-order valence-corrected chi connectivity index (χ4v) is 5.59. The molecule has 0 bridgehead atoms. The molecule has 31 heavy (non-hydrogen) atoms. The maximum Gasteiger partial charge on any atom is 0.255 e. The number of aryl methyl sites for hydroxylation is 1. The second kappa shape index (κ2) is 9.16. The Morgan fingerprint density at radius 1 is 1.00 bits per heavy atom. The van der Waals surface area contributed by atoms with Crippen LogP contribution in [-0.2, 0) is 9.53 Å². The minimum Gasteiger partial charge on any atom is -0.362 e. The lowest BCUT2D eigenvalue weighted by atomic mass is 9.75. The van der Waals surface area contributed by atoms with E-state index in [1.807, 2.05) is 23.1 Å². The molecule has 6 atom stereocenters. The van der Waals surface area contributed by atoms with E-state index < -0.39 is 0 Å². The fraction of sp³-hybridized carbons (Fsp3) is 0.536. The van der Waals surface area contributed by atoms with Crippen molar-refractivity contribution in [2.24, 2.45) is 17.8 Å². The highest BCUT2D eigenvalue weighted by Gasteiger charge is 2.53. The molecule has 3 heteroatoms. The van der Waals surface area contributed by atoms with Crippen LogP contribution in [0.3, 0.4) is 0 Å². The molecule has 4 rings (SSSR count). The molecule has 1 heterocycles. The lowest BCUT2D eigenvalue weighted by Crippen LogP contribution is -2.61. The highest BCUT2D eigenvalue weighted by molar-refractivity contribution is 5.89. The molecule has 0 unspecified atom stereocenters. The number of β-lactam (4-membered cyclic amide) rings is 1. The van der Waals surface area contributed by atoms with Gasteiger partial charge in [0.25, 0.3) is 5.91 Å². The molecule has 0 radical (unpaired) electrons. The number of rotatable bonds is 6. The molecule has 1 saturated carbocycles. The molecule has 0 N–H and O–H groups in total. The first-order valence-corrected chi connectivity index (χ1v) is 12.0. The summed E-state index contributed by atoms with van der Waals surface area (Å²) in [5.41, 5.74) is 3.56. The molecular formula is C28H37NO2. The first kappa shape index (κ1) is 22.1. The average Bonchev–Trinajstić information content (AvgIpc) is 2.75. The number of hydrogen-bond acceptors (Lipinski definition) is 2. The number of nitrogens with zero attached hydrogens (tertiary/aromatic N) is 1. The molecule has 1 aliphatic carbocycles. The maximum atomic E-state index is 13.5. The normalized spacial score (nSPS) is 29.7. The Morgan fingerprint density at radius 2 is 1.74 bits per heavy atom. The molecule has 0 spiro atoms. The van der Waals surface area contributed by atoms with Crippen molar-refractivity contribution in [3.05, 3.63) is 71.3 Å². The Hall–Kier alpha value is -2.13. The van der Waals surface area contributed by atoms with Gasteiger partial charge >= 0.3 is 0 Å². The predicted molar refractivity (Wildman–Crippen MR) is 126 cm³/mol. The summed E-state index contributed by atoms with van der Waals surface area (Å²) in [5.74, 6) is 1.89. The second-order valence-electron chi connectivity index (χ2n) is 10.1. The summed E-state index contributed by atoms with van der Waals surface area (Å²) >= 11 is 0. The lowest BCUT2D eigenvalue weighted by molar-refractivity contribution is -0.196. The van der Waals surface area contributed by atoms with Crippen LogP contribution in [0.2, 0.25) is 0 Å². The van der Waals surface area contributed by atoms with Crippen LogP contribution in [0.15, 0.2) is 54.6 Å². The SMILES string of the molecule is Cc1cccc([C@@H]2[C@H](O[C@@H]3C[C@H](C)CC[C@H]3C(C)C)C(=O)N2[C@@H](C)c2ccccc2)c1. The van der Waals surface area contributed by atoms with Crippen LogP contribution in [0.5, 0.6) is 0 Å². The molecule has 2 aromatic rings. The van der Waals surface area contributed by atoms with Crippen LogP contribution in [0.4, 0.5) is 0 Å². The Bertz CT molecular complexity index is 893. The van der Waals surface area contributed by atoms with Gasteiger partial charge in [-0.05, 0) is 55.6 Å². The standard InChI is InChI=1S/C28H37NO2/c1-18(2)24-15-14-20(4)17-25(24)31-27-26(23-13-9-10-19(3)16-23)29(28(27)30)21(5)22-11-7-6-8-12-22/h6-13,16,18,20-21,24-27H,14-15,17H2,1-5H3/t20-,21+,24+,25-,26-,27+/m1/s1. The molecule has 2 aliphatic rings. The van der Waals surface area contributed by atoms with Crippen molar-refractivity contribution >= 4 is 5.91 Å². The average molecular weight is 420 g/mol. The van der Waals surface area contributed by atoms with Crippen molar-refractivity contribution in [2.45, 2.75) is 78.2 Å². The minimum atomic E-state index is -0.385. The highest BCUT2D eigenvalue weighted by atomic mass is 16.5. The summed E-state index contributed by atoms with van der Waals surface area (Å²) in [4.78, 5) is 15.5. The number of benzene rings is 2. The Morgan fingerprint density at radius 3 is 2.42 bits per heavy atom. The van der Waals surface area contributed by atoms with E-state index in [0.717, 1.165) is 6.42 Å². The van der Waals surface area contributed by atoms with Crippen LogP contribution < -0.4 is 0 Å².